The summed E-state index contributed by atoms with van der Waals surface area (Å²) < 4.78 is 54.2. The fourth-order valence-electron chi connectivity index (χ4n) is 4.44. The summed E-state index contributed by atoms with van der Waals surface area (Å²) in [6, 6.07) is 2.51. The van der Waals surface area contributed by atoms with Crippen molar-refractivity contribution in [2.24, 2.45) is 0 Å². The maximum atomic E-state index is 14.0. The third-order valence-corrected chi connectivity index (χ3v) is 8.34. The van der Waals surface area contributed by atoms with E-state index in [0.717, 1.165) is 23.4 Å². The first-order chi connectivity index (χ1) is 17.8. The number of carboxylic acid groups (broad SMARTS) is 1. The normalized spacial score (nSPS) is 16.6. The monoisotopic (exact) mass is 555 g/mol. The van der Waals surface area contributed by atoms with Gasteiger partial charge in [-0.2, -0.15) is 18.3 Å². The van der Waals surface area contributed by atoms with Gasteiger partial charge in [0.2, 0.25) is 5.88 Å². The van der Waals surface area contributed by atoms with Crippen LogP contribution in [0.2, 0.25) is 25.7 Å². The number of fused-ring (bicyclic) bond motifs is 1. The number of hydrogen-bond donors (Lipinski definition) is 1. The quantitative estimate of drug-likeness (QED) is 0.384. The lowest BCUT2D eigenvalue weighted by molar-refractivity contribution is -0.138. The molecule has 2 aliphatic heterocycles. The summed E-state index contributed by atoms with van der Waals surface area (Å²) in [5.74, 6) is 0.333. The van der Waals surface area contributed by atoms with Crippen molar-refractivity contribution in [3.63, 3.8) is 0 Å². The van der Waals surface area contributed by atoms with Gasteiger partial charge < -0.3 is 24.4 Å². The van der Waals surface area contributed by atoms with Crippen LogP contribution in [-0.2, 0) is 30.7 Å². The zero-order valence-electron chi connectivity index (χ0n) is 21.6. The first-order valence-corrected chi connectivity index (χ1v) is 16.1. The lowest BCUT2D eigenvalue weighted by atomic mass is 10.1. The highest BCUT2D eigenvalue weighted by Crippen LogP contribution is 2.37. The summed E-state index contributed by atoms with van der Waals surface area (Å²) >= 11 is 0. The first kappa shape index (κ1) is 27.9. The molecule has 2 aliphatic rings. The smallest absolute Gasteiger partial charge is 0.423 e. The molecule has 0 aromatic carbocycles. The topological polar surface area (TPSA) is 110 Å². The van der Waals surface area contributed by atoms with Gasteiger partial charge >= 0.3 is 12.3 Å². The lowest BCUT2D eigenvalue weighted by Gasteiger charge is -2.29. The zero-order valence-corrected chi connectivity index (χ0v) is 22.6. The average molecular weight is 556 g/mol. The second-order valence-electron chi connectivity index (χ2n) is 10.8. The number of carbonyl (C=O) groups is 1. The summed E-state index contributed by atoms with van der Waals surface area (Å²) in [7, 11) is -1.39. The van der Waals surface area contributed by atoms with Crippen LogP contribution in [0.15, 0.2) is 23.3 Å². The van der Waals surface area contributed by atoms with E-state index in [1.54, 1.807) is 12.3 Å². The van der Waals surface area contributed by atoms with Crippen molar-refractivity contribution in [1.82, 2.24) is 19.7 Å². The Morgan fingerprint density at radius 3 is 2.47 bits per heavy atom. The number of anilines is 1. The van der Waals surface area contributed by atoms with Gasteiger partial charge in [-0.25, -0.2) is 14.5 Å². The van der Waals surface area contributed by atoms with Crippen LogP contribution in [0.3, 0.4) is 0 Å². The minimum absolute atomic E-state index is 0.132. The van der Waals surface area contributed by atoms with Gasteiger partial charge in [0.15, 0.2) is 0 Å². The second-order valence-corrected chi connectivity index (χ2v) is 16.4. The van der Waals surface area contributed by atoms with Crippen LogP contribution in [-0.4, -0.2) is 64.7 Å². The zero-order chi connectivity index (χ0) is 27.7. The second kappa shape index (κ2) is 10.9. The highest BCUT2D eigenvalue weighted by molar-refractivity contribution is 6.76. The van der Waals surface area contributed by atoms with Gasteiger partial charge in [-0.1, -0.05) is 19.6 Å². The van der Waals surface area contributed by atoms with E-state index in [1.807, 2.05) is 0 Å². The summed E-state index contributed by atoms with van der Waals surface area (Å²) in [5, 5.41) is 13.1. The van der Waals surface area contributed by atoms with Crippen molar-refractivity contribution < 1.29 is 32.5 Å². The number of alkyl halides is 3. The molecule has 0 bridgehead atoms. The van der Waals surface area contributed by atoms with Crippen LogP contribution < -0.4 is 15.2 Å². The molecule has 10 nitrogen and oxygen atoms in total. The molecule has 38 heavy (non-hydrogen) atoms. The first-order valence-electron chi connectivity index (χ1n) is 12.4. The fraction of sp³-hybridized carbons (Fsp3) is 0.583. The largest absolute Gasteiger partial charge is 0.474 e. The Morgan fingerprint density at radius 1 is 1.16 bits per heavy atom. The molecule has 14 heteroatoms. The van der Waals surface area contributed by atoms with Crippen LogP contribution in [0, 0.1) is 0 Å². The number of amides is 1. The average Bonchev–Trinajstić information content (AvgIpc) is 3.24. The number of likely N-dealkylation sites (tertiary alicyclic amines) is 1. The summed E-state index contributed by atoms with van der Waals surface area (Å²) in [6.07, 6.45) is -2.36. The van der Waals surface area contributed by atoms with E-state index in [4.69, 9.17) is 14.6 Å². The van der Waals surface area contributed by atoms with Crippen LogP contribution in [0.1, 0.15) is 29.5 Å². The Hall–Kier alpha value is -3.13. The molecule has 4 heterocycles. The summed E-state index contributed by atoms with van der Waals surface area (Å²) in [5.41, 5.74) is -1.34. The van der Waals surface area contributed by atoms with Gasteiger partial charge in [0.25, 0.3) is 5.56 Å². The SMILES string of the molecule is C[Si](C)(C)CCOCn1ncc(N2Cc3cnc(OC4CCN(C(=O)O)CC4)cc3C2)c(C(F)(F)F)c1=O. The lowest BCUT2D eigenvalue weighted by Crippen LogP contribution is -2.41. The Morgan fingerprint density at radius 2 is 1.84 bits per heavy atom. The van der Waals surface area contributed by atoms with E-state index < -0.39 is 31.5 Å². The third-order valence-electron chi connectivity index (χ3n) is 6.64. The number of piperidine rings is 1. The standard InChI is InChI=1S/C24H32F3N5O5Si/c1-38(2,3)9-8-36-15-32-22(33)21(24(25,26)27)19(12-29-32)31-13-16-10-20(28-11-17(16)14-31)37-18-4-6-30(7-5-18)23(34)35/h10-12,18H,4-9,13-15H2,1-3H3,(H,34,35). The molecule has 0 atom stereocenters. The molecule has 0 spiro atoms. The van der Waals surface area contributed by atoms with Crippen LogP contribution in [0.25, 0.3) is 0 Å². The number of rotatable bonds is 8. The minimum atomic E-state index is -4.87. The highest BCUT2D eigenvalue weighted by atomic mass is 28.3. The van der Waals surface area contributed by atoms with Crippen molar-refractivity contribution in [1.29, 1.82) is 0 Å². The number of halogens is 3. The molecule has 208 valence electrons. The predicted molar refractivity (Wildman–Crippen MR) is 135 cm³/mol. The highest BCUT2D eigenvalue weighted by Gasteiger charge is 2.40. The van der Waals surface area contributed by atoms with Gasteiger partial charge in [0.1, 0.15) is 18.4 Å². The summed E-state index contributed by atoms with van der Waals surface area (Å²) in [4.78, 5) is 31.0. The number of nitrogens with zero attached hydrogens (tertiary/aromatic N) is 5. The van der Waals surface area contributed by atoms with E-state index in [1.165, 1.54) is 9.80 Å². The van der Waals surface area contributed by atoms with Crippen molar-refractivity contribution >= 4 is 19.9 Å². The van der Waals surface area contributed by atoms with Crippen molar-refractivity contribution in [3.05, 3.63) is 45.5 Å². The Balaban J connectivity index is 1.46. The molecular weight excluding hydrogens is 523 g/mol. The molecule has 2 aromatic rings. The van der Waals surface area contributed by atoms with Gasteiger partial charge in [-0.15, -0.1) is 0 Å². The van der Waals surface area contributed by atoms with Gasteiger partial charge in [-0.05, 0) is 17.2 Å². The molecule has 1 amide bonds. The Labute approximate surface area is 219 Å². The minimum Gasteiger partial charge on any atom is -0.474 e. The molecular formula is C24H32F3N5O5Si. The van der Waals surface area contributed by atoms with Crippen LogP contribution in [0.4, 0.5) is 23.7 Å². The van der Waals surface area contributed by atoms with Gasteiger partial charge in [-0.3, -0.25) is 4.79 Å². The molecule has 4 rings (SSSR count). The Kier molecular flexibility index (Phi) is 8.02. The number of aromatic nitrogens is 3. The van der Waals surface area contributed by atoms with E-state index >= 15 is 0 Å². The maximum Gasteiger partial charge on any atom is 0.423 e. The van der Waals surface area contributed by atoms with E-state index in [-0.39, 0.29) is 31.6 Å². The van der Waals surface area contributed by atoms with Crippen LogP contribution >= 0.6 is 0 Å². The van der Waals surface area contributed by atoms with E-state index in [0.29, 0.717) is 43.1 Å². The predicted octanol–water partition coefficient (Wildman–Crippen LogP) is 4.01. The van der Waals surface area contributed by atoms with Crippen molar-refractivity contribution in [2.45, 2.75) is 70.6 Å². The molecule has 0 unspecified atom stereocenters. The molecule has 1 fully saturated rings. The Bertz CT molecular complexity index is 1230. The summed E-state index contributed by atoms with van der Waals surface area (Å²) in [6.45, 7) is 7.46. The number of hydrogen-bond acceptors (Lipinski definition) is 7. The molecule has 0 aliphatic carbocycles. The number of pyridine rings is 1. The van der Waals surface area contributed by atoms with Gasteiger partial charge in [0.05, 0.1) is 11.9 Å². The molecule has 0 radical (unpaired) electrons. The van der Waals surface area contributed by atoms with Crippen molar-refractivity contribution in [2.75, 3.05) is 24.6 Å². The van der Waals surface area contributed by atoms with Gasteiger partial charge in [0, 0.05) is 66.0 Å². The van der Waals surface area contributed by atoms with Crippen molar-refractivity contribution in [3.8, 4) is 5.88 Å². The molecule has 1 saturated heterocycles. The van der Waals surface area contributed by atoms with E-state index in [9.17, 15) is 22.8 Å². The molecule has 1 N–H and O–H groups in total. The fourth-order valence-corrected chi connectivity index (χ4v) is 5.19. The third kappa shape index (κ3) is 6.65. The molecule has 2 aromatic heterocycles. The van der Waals surface area contributed by atoms with E-state index in [2.05, 4.69) is 29.7 Å². The maximum absolute atomic E-state index is 14.0. The van der Waals surface area contributed by atoms with Crippen LogP contribution in [0.5, 0.6) is 5.88 Å². The number of ether oxygens (including phenoxy) is 2. The molecule has 0 saturated carbocycles.